The zero-order valence-corrected chi connectivity index (χ0v) is 13.5. The van der Waals surface area contributed by atoms with Crippen LogP contribution in [0.15, 0.2) is 28.8 Å². The zero-order chi connectivity index (χ0) is 15.2. The highest BCUT2D eigenvalue weighted by Gasteiger charge is 2.16. The molecule has 1 heterocycles. The van der Waals surface area contributed by atoms with E-state index in [9.17, 15) is 0 Å². The molecule has 0 spiro atoms. The molecular formula is C16H22ClN3O. The first-order chi connectivity index (χ1) is 10.1. The highest BCUT2D eigenvalue weighted by atomic mass is 35.5. The first-order valence-corrected chi connectivity index (χ1v) is 7.83. The van der Waals surface area contributed by atoms with Crippen LogP contribution in [0.1, 0.15) is 56.9 Å². The van der Waals surface area contributed by atoms with Gasteiger partial charge < -0.3 is 9.84 Å². The van der Waals surface area contributed by atoms with Crippen molar-refractivity contribution in [3.05, 3.63) is 46.6 Å². The van der Waals surface area contributed by atoms with Gasteiger partial charge in [0.1, 0.15) is 0 Å². The number of hydrogen-bond donors (Lipinski definition) is 1. The third kappa shape index (κ3) is 4.55. The number of nitrogens with one attached hydrogen (secondary N) is 1. The van der Waals surface area contributed by atoms with Gasteiger partial charge in [-0.05, 0) is 37.5 Å². The number of nitrogens with zero attached hydrogens (tertiary/aromatic N) is 2. The van der Waals surface area contributed by atoms with E-state index in [2.05, 4.69) is 36.2 Å². The fourth-order valence-electron chi connectivity index (χ4n) is 2.25. The Morgan fingerprint density at radius 2 is 1.86 bits per heavy atom. The summed E-state index contributed by atoms with van der Waals surface area (Å²) in [7, 11) is 0. The lowest BCUT2D eigenvalue weighted by atomic mass is 10.1. The van der Waals surface area contributed by atoms with Gasteiger partial charge in [0, 0.05) is 17.5 Å². The van der Waals surface area contributed by atoms with Crippen molar-refractivity contribution >= 4 is 11.6 Å². The number of halogens is 1. The molecule has 0 bridgehead atoms. The Hall–Kier alpha value is -1.39. The maximum Gasteiger partial charge on any atom is 0.243 e. The second-order valence-corrected chi connectivity index (χ2v) is 5.69. The predicted molar refractivity (Wildman–Crippen MR) is 84.5 cm³/mol. The van der Waals surface area contributed by atoms with Gasteiger partial charge in [-0.2, -0.15) is 4.98 Å². The molecule has 0 saturated carbocycles. The molecule has 0 amide bonds. The van der Waals surface area contributed by atoms with Crippen LogP contribution in [0.25, 0.3) is 0 Å². The third-order valence-electron chi connectivity index (χ3n) is 3.60. The number of aromatic nitrogens is 2. The van der Waals surface area contributed by atoms with Crippen molar-refractivity contribution in [2.45, 2.75) is 52.1 Å². The summed E-state index contributed by atoms with van der Waals surface area (Å²) in [4.78, 5) is 4.48. The van der Waals surface area contributed by atoms with Crippen LogP contribution in [0.3, 0.4) is 0 Å². The molecule has 0 aliphatic heterocycles. The molecule has 0 aliphatic carbocycles. The van der Waals surface area contributed by atoms with E-state index in [1.807, 2.05) is 24.3 Å². The predicted octanol–water partition coefficient (Wildman–Crippen LogP) is 4.15. The molecule has 2 rings (SSSR count). The number of benzene rings is 1. The standard InChI is InChI=1S/C16H22ClN3O/c1-4-14(5-2)18-11(3)16-19-15(20-21-16)10-12-6-8-13(17)9-7-12/h6-9,11,14,18H,4-5,10H2,1-3H3. The van der Waals surface area contributed by atoms with E-state index in [0.29, 0.717) is 24.2 Å². The fourth-order valence-corrected chi connectivity index (χ4v) is 2.38. The lowest BCUT2D eigenvalue weighted by Crippen LogP contribution is -2.30. The van der Waals surface area contributed by atoms with Crippen molar-refractivity contribution < 1.29 is 4.52 Å². The molecule has 0 saturated heterocycles. The van der Waals surface area contributed by atoms with Crippen molar-refractivity contribution in [1.82, 2.24) is 15.5 Å². The summed E-state index contributed by atoms with van der Waals surface area (Å²) < 4.78 is 5.36. The Morgan fingerprint density at radius 1 is 1.19 bits per heavy atom. The minimum Gasteiger partial charge on any atom is -0.338 e. The smallest absolute Gasteiger partial charge is 0.243 e. The van der Waals surface area contributed by atoms with Gasteiger partial charge >= 0.3 is 0 Å². The first-order valence-electron chi connectivity index (χ1n) is 7.45. The van der Waals surface area contributed by atoms with Gasteiger partial charge in [0.05, 0.1) is 6.04 Å². The third-order valence-corrected chi connectivity index (χ3v) is 3.85. The monoisotopic (exact) mass is 307 g/mol. The molecule has 1 aromatic heterocycles. The Bertz CT molecular complexity index is 549. The summed E-state index contributed by atoms with van der Waals surface area (Å²) in [5, 5.41) is 8.29. The van der Waals surface area contributed by atoms with Crippen LogP contribution < -0.4 is 5.32 Å². The quantitative estimate of drug-likeness (QED) is 0.834. The lowest BCUT2D eigenvalue weighted by Gasteiger charge is -2.18. The molecule has 2 aromatic rings. The average molecular weight is 308 g/mol. The largest absolute Gasteiger partial charge is 0.338 e. The molecule has 1 atom stereocenters. The molecule has 0 aliphatic rings. The van der Waals surface area contributed by atoms with Crippen LogP contribution in [0.2, 0.25) is 5.02 Å². The second-order valence-electron chi connectivity index (χ2n) is 5.25. The van der Waals surface area contributed by atoms with Gasteiger partial charge in [0.2, 0.25) is 5.89 Å². The molecule has 0 fully saturated rings. The van der Waals surface area contributed by atoms with E-state index < -0.39 is 0 Å². The summed E-state index contributed by atoms with van der Waals surface area (Å²) in [5.41, 5.74) is 1.12. The Morgan fingerprint density at radius 3 is 2.48 bits per heavy atom. The summed E-state index contributed by atoms with van der Waals surface area (Å²) in [6.07, 6.45) is 2.83. The maximum absolute atomic E-state index is 5.88. The van der Waals surface area contributed by atoms with Crippen molar-refractivity contribution in [3.8, 4) is 0 Å². The Balaban J connectivity index is 1.98. The molecule has 1 aromatic carbocycles. The summed E-state index contributed by atoms with van der Waals surface area (Å²) in [5.74, 6) is 1.34. The van der Waals surface area contributed by atoms with Gasteiger partial charge in [0.15, 0.2) is 5.82 Å². The van der Waals surface area contributed by atoms with Crippen LogP contribution >= 0.6 is 11.6 Å². The Kier molecular flexibility index (Phi) is 5.76. The van der Waals surface area contributed by atoms with Crippen LogP contribution in [-0.4, -0.2) is 16.2 Å². The SMILES string of the molecule is CCC(CC)NC(C)c1nc(Cc2ccc(Cl)cc2)no1. The molecule has 1 unspecified atom stereocenters. The summed E-state index contributed by atoms with van der Waals surface area (Å²) in [6, 6.07) is 8.24. The van der Waals surface area contributed by atoms with Gasteiger partial charge in [-0.15, -0.1) is 0 Å². The normalized spacial score (nSPS) is 12.8. The van der Waals surface area contributed by atoms with Crippen molar-refractivity contribution in [2.75, 3.05) is 0 Å². The van der Waals surface area contributed by atoms with Crippen LogP contribution in [0.4, 0.5) is 0 Å². The molecule has 1 N–H and O–H groups in total. The molecule has 114 valence electrons. The molecule has 4 nitrogen and oxygen atoms in total. The summed E-state index contributed by atoms with van der Waals surface area (Å²) in [6.45, 7) is 6.40. The highest BCUT2D eigenvalue weighted by Crippen LogP contribution is 2.15. The van der Waals surface area contributed by atoms with Gasteiger partial charge in [0.25, 0.3) is 0 Å². The van der Waals surface area contributed by atoms with Crippen molar-refractivity contribution in [3.63, 3.8) is 0 Å². The minimum absolute atomic E-state index is 0.0707. The van der Waals surface area contributed by atoms with E-state index in [1.54, 1.807) is 0 Å². The van der Waals surface area contributed by atoms with Gasteiger partial charge in [-0.25, -0.2) is 0 Å². The average Bonchev–Trinajstić information content (AvgIpc) is 2.95. The van der Waals surface area contributed by atoms with E-state index in [0.717, 1.165) is 23.4 Å². The van der Waals surface area contributed by atoms with E-state index >= 15 is 0 Å². The molecule has 5 heteroatoms. The van der Waals surface area contributed by atoms with E-state index in [4.69, 9.17) is 16.1 Å². The van der Waals surface area contributed by atoms with Gasteiger partial charge in [-0.1, -0.05) is 42.7 Å². The van der Waals surface area contributed by atoms with Gasteiger partial charge in [-0.3, -0.25) is 0 Å². The molecular weight excluding hydrogens is 286 g/mol. The maximum atomic E-state index is 5.88. The van der Waals surface area contributed by atoms with Crippen LogP contribution in [0.5, 0.6) is 0 Å². The highest BCUT2D eigenvalue weighted by molar-refractivity contribution is 6.30. The fraction of sp³-hybridized carbons (Fsp3) is 0.500. The second kappa shape index (κ2) is 7.57. The minimum atomic E-state index is 0.0707. The zero-order valence-electron chi connectivity index (χ0n) is 12.8. The number of rotatable bonds is 7. The molecule has 0 radical (unpaired) electrons. The van der Waals surface area contributed by atoms with E-state index in [1.165, 1.54) is 0 Å². The number of hydrogen-bond acceptors (Lipinski definition) is 4. The lowest BCUT2D eigenvalue weighted by molar-refractivity contribution is 0.316. The van der Waals surface area contributed by atoms with E-state index in [-0.39, 0.29) is 6.04 Å². The summed E-state index contributed by atoms with van der Waals surface area (Å²) >= 11 is 5.88. The topological polar surface area (TPSA) is 51.0 Å². The van der Waals surface area contributed by atoms with Crippen molar-refractivity contribution in [1.29, 1.82) is 0 Å². The Labute approximate surface area is 130 Å². The van der Waals surface area contributed by atoms with Crippen molar-refractivity contribution in [2.24, 2.45) is 0 Å². The first kappa shape index (κ1) is 16.0. The van der Waals surface area contributed by atoms with Crippen LogP contribution in [-0.2, 0) is 6.42 Å². The molecule has 21 heavy (non-hydrogen) atoms. The van der Waals surface area contributed by atoms with Crippen LogP contribution in [0, 0.1) is 0 Å².